The van der Waals surface area contributed by atoms with E-state index in [4.69, 9.17) is 4.74 Å². The standard InChI is InChI=1S/C12H15BrO2/c1-2-3-9-7-11(14)10-5-4-8(13)6-12(10)15-9/h4-6,9,11,14H,2-3,7H2,1H3/t9?,11-/m1/s1. The van der Waals surface area contributed by atoms with Gasteiger partial charge in [0.05, 0.1) is 6.10 Å². The van der Waals surface area contributed by atoms with Crippen LogP contribution in [0.4, 0.5) is 0 Å². The van der Waals surface area contributed by atoms with E-state index in [-0.39, 0.29) is 12.2 Å². The van der Waals surface area contributed by atoms with Crippen molar-refractivity contribution in [3.63, 3.8) is 0 Å². The van der Waals surface area contributed by atoms with E-state index in [9.17, 15) is 5.11 Å². The molecular formula is C12H15BrO2. The Kier molecular flexibility index (Phi) is 3.32. The third-order valence-electron chi connectivity index (χ3n) is 2.73. The average Bonchev–Trinajstić information content (AvgIpc) is 2.17. The average molecular weight is 271 g/mol. The van der Waals surface area contributed by atoms with Crippen LogP contribution in [0.25, 0.3) is 0 Å². The van der Waals surface area contributed by atoms with Crippen LogP contribution >= 0.6 is 15.9 Å². The monoisotopic (exact) mass is 270 g/mol. The van der Waals surface area contributed by atoms with Gasteiger partial charge in [0.25, 0.3) is 0 Å². The first kappa shape index (κ1) is 11.0. The molecule has 1 aliphatic heterocycles. The second kappa shape index (κ2) is 4.54. The second-order valence-corrected chi connectivity index (χ2v) is 4.88. The second-order valence-electron chi connectivity index (χ2n) is 3.96. The Balaban J connectivity index is 2.25. The van der Waals surface area contributed by atoms with Crippen molar-refractivity contribution in [2.45, 2.75) is 38.4 Å². The first-order chi connectivity index (χ1) is 7.20. The minimum Gasteiger partial charge on any atom is -0.490 e. The van der Waals surface area contributed by atoms with E-state index in [1.165, 1.54) is 0 Å². The summed E-state index contributed by atoms with van der Waals surface area (Å²) in [6.45, 7) is 2.13. The molecule has 1 aromatic rings. The lowest BCUT2D eigenvalue weighted by molar-refractivity contribution is 0.0614. The summed E-state index contributed by atoms with van der Waals surface area (Å²) in [6, 6.07) is 5.79. The molecular weight excluding hydrogens is 256 g/mol. The topological polar surface area (TPSA) is 29.5 Å². The minimum atomic E-state index is -0.376. The van der Waals surface area contributed by atoms with Crippen LogP contribution in [-0.2, 0) is 0 Å². The quantitative estimate of drug-likeness (QED) is 0.892. The Morgan fingerprint density at radius 2 is 2.33 bits per heavy atom. The first-order valence-electron chi connectivity index (χ1n) is 5.35. The van der Waals surface area contributed by atoms with Gasteiger partial charge in [-0.05, 0) is 18.6 Å². The number of hydrogen-bond acceptors (Lipinski definition) is 2. The number of ether oxygens (including phenoxy) is 1. The van der Waals surface area contributed by atoms with E-state index in [1.54, 1.807) is 0 Å². The minimum absolute atomic E-state index is 0.159. The molecule has 1 aliphatic rings. The van der Waals surface area contributed by atoms with Gasteiger partial charge in [0.2, 0.25) is 0 Å². The Bertz CT molecular complexity index is 351. The van der Waals surface area contributed by atoms with Gasteiger partial charge < -0.3 is 9.84 Å². The smallest absolute Gasteiger partial charge is 0.126 e. The summed E-state index contributed by atoms with van der Waals surface area (Å²) in [4.78, 5) is 0. The van der Waals surface area contributed by atoms with Crippen molar-refractivity contribution in [3.05, 3.63) is 28.2 Å². The Morgan fingerprint density at radius 1 is 1.53 bits per heavy atom. The third kappa shape index (κ3) is 2.34. The van der Waals surface area contributed by atoms with Gasteiger partial charge in [-0.2, -0.15) is 0 Å². The van der Waals surface area contributed by atoms with Gasteiger partial charge in [-0.15, -0.1) is 0 Å². The molecule has 0 fully saturated rings. The van der Waals surface area contributed by atoms with Crippen molar-refractivity contribution in [3.8, 4) is 5.75 Å². The van der Waals surface area contributed by atoms with Crippen molar-refractivity contribution in [1.29, 1.82) is 0 Å². The fourth-order valence-electron chi connectivity index (χ4n) is 1.99. The number of aliphatic hydroxyl groups excluding tert-OH is 1. The van der Waals surface area contributed by atoms with Gasteiger partial charge in [0, 0.05) is 16.5 Å². The number of fused-ring (bicyclic) bond motifs is 1. The molecule has 1 N–H and O–H groups in total. The van der Waals surface area contributed by atoms with Crippen LogP contribution in [0, 0.1) is 0 Å². The lowest BCUT2D eigenvalue weighted by Crippen LogP contribution is -2.25. The molecule has 1 heterocycles. The van der Waals surface area contributed by atoms with Gasteiger partial charge in [0.1, 0.15) is 11.9 Å². The molecule has 2 nitrogen and oxygen atoms in total. The molecule has 0 saturated carbocycles. The fraction of sp³-hybridized carbons (Fsp3) is 0.500. The lowest BCUT2D eigenvalue weighted by atomic mass is 9.97. The van der Waals surface area contributed by atoms with Crippen LogP contribution in [-0.4, -0.2) is 11.2 Å². The maximum absolute atomic E-state index is 9.95. The van der Waals surface area contributed by atoms with Crippen LogP contribution in [0.5, 0.6) is 5.75 Å². The van der Waals surface area contributed by atoms with Crippen molar-refractivity contribution < 1.29 is 9.84 Å². The van der Waals surface area contributed by atoms with Crippen LogP contribution in [0.3, 0.4) is 0 Å². The molecule has 2 rings (SSSR count). The highest BCUT2D eigenvalue weighted by atomic mass is 79.9. The zero-order chi connectivity index (χ0) is 10.8. The van der Waals surface area contributed by atoms with Crippen LogP contribution in [0.2, 0.25) is 0 Å². The van der Waals surface area contributed by atoms with Gasteiger partial charge in [-0.3, -0.25) is 0 Å². The number of aliphatic hydroxyl groups is 1. The molecule has 1 aromatic carbocycles. The number of rotatable bonds is 2. The Labute approximate surface area is 98.4 Å². The predicted molar refractivity (Wildman–Crippen MR) is 63.0 cm³/mol. The molecule has 0 aliphatic carbocycles. The van der Waals surface area contributed by atoms with Crippen LogP contribution < -0.4 is 4.74 Å². The van der Waals surface area contributed by atoms with E-state index in [0.717, 1.165) is 28.6 Å². The molecule has 0 spiro atoms. The highest BCUT2D eigenvalue weighted by molar-refractivity contribution is 9.10. The zero-order valence-corrected chi connectivity index (χ0v) is 10.3. The molecule has 0 amide bonds. The number of hydrogen-bond donors (Lipinski definition) is 1. The molecule has 0 saturated heterocycles. The summed E-state index contributed by atoms with van der Waals surface area (Å²) >= 11 is 3.41. The van der Waals surface area contributed by atoms with E-state index in [2.05, 4.69) is 22.9 Å². The first-order valence-corrected chi connectivity index (χ1v) is 6.14. The van der Waals surface area contributed by atoms with E-state index < -0.39 is 0 Å². The molecule has 82 valence electrons. The van der Waals surface area contributed by atoms with Gasteiger partial charge in [0.15, 0.2) is 0 Å². The highest BCUT2D eigenvalue weighted by Gasteiger charge is 2.26. The van der Waals surface area contributed by atoms with Crippen molar-refractivity contribution in [1.82, 2.24) is 0 Å². The predicted octanol–water partition coefficient (Wildman–Crippen LogP) is 3.43. The summed E-state index contributed by atoms with van der Waals surface area (Å²) in [7, 11) is 0. The van der Waals surface area contributed by atoms with Gasteiger partial charge >= 0.3 is 0 Å². The number of benzene rings is 1. The highest BCUT2D eigenvalue weighted by Crippen LogP contribution is 2.37. The molecule has 0 radical (unpaired) electrons. The molecule has 0 aromatic heterocycles. The van der Waals surface area contributed by atoms with E-state index in [0.29, 0.717) is 6.42 Å². The zero-order valence-electron chi connectivity index (χ0n) is 8.74. The SMILES string of the molecule is CCCC1C[C@@H](O)c2ccc(Br)cc2O1. The summed E-state index contributed by atoms with van der Waals surface area (Å²) in [5.74, 6) is 0.821. The van der Waals surface area contributed by atoms with Gasteiger partial charge in [-0.25, -0.2) is 0 Å². The van der Waals surface area contributed by atoms with E-state index in [1.807, 2.05) is 18.2 Å². The number of halogens is 1. The lowest BCUT2D eigenvalue weighted by Gasteiger charge is -2.29. The fourth-order valence-corrected chi connectivity index (χ4v) is 2.33. The summed E-state index contributed by atoms with van der Waals surface area (Å²) in [6.07, 6.45) is 2.58. The summed E-state index contributed by atoms with van der Waals surface area (Å²) in [5.41, 5.74) is 0.908. The van der Waals surface area contributed by atoms with Crippen molar-refractivity contribution >= 4 is 15.9 Å². The molecule has 3 heteroatoms. The van der Waals surface area contributed by atoms with Crippen molar-refractivity contribution in [2.75, 3.05) is 0 Å². The molecule has 0 bridgehead atoms. The Hall–Kier alpha value is -0.540. The summed E-state index contributed by atoms with van der Waals surface area (Å²) < 4.78 is 6.82. The molecule has 1 unspecified atom stereocenters. The Morgan fingerprint density at radius 3 is 3.07 bits per heavy atom. The molecule has 2 atom stereocenters. The van der Waals surface area contributed by atoms with Gasteiger partial charge in [-0.1, -0.05) is 35.3 Å². The third-order valence-corrected chi connectivity index (χ3v) is 3.22. The molecule has 15 heavy (non-hydrogen) atoms. The van der Waals surface area contributed by atoms with E-state index >= 15 is 0 Å². The summed E-state index contributed by atoms with van der Waals surface area (Å²) in [5, 5.41) is 9.95. The normalized spacial score (nSPS) is 24.5. The maximum Gasteiger partial charge on any atom is 0.126 e. The maximum atomic E-state index is 9.95. The van der Waals surface area contributed by atoms with Crippen molar-refractivity contribution in [2.24, 2.45) is 0 Å². The largest absolute Gasteiger partial charge is 0.490 e. The van der Waals surface area contributed by atoms with Crippen LogP contribution in [0.15, 0.2) is 22.7 Å². The van der Waals surface area contributed by atoms with Crippen LogP contribution in [0.1, 0.15) is 37.9 Å².